The molecule has 3 rings (SSSR count). The number of ether oxygens (including phenoxy) is 2. The lowest BCUT2D eigenvalue weighted by Crippen LogP contribution is -2.55. The Morgan fingerprint density at radius 1 is 1.07 bits per heavy atom. The Morgan fingerprint density at radius 3 is 2.41 bits per heavy atom. The fourth-order valence-corrected chi connectivity index (χ4v) is 3.76. The van der Waals surface area contributed by atoms with Gasteiger partial charge in [-0.05, 0) is 43.6 Å². The third kappa shape index (κ3) is 6.02. The molecule has 2 aliphatic rings. The lowest BCUT2D eigenvalue weighted by Gasteiger charge is -2.38. The Hall–Kier alpha value is -1.44. The van der Waals surface area contributed by atoms with Crippen LogP contribution in [0.3, 0.4) is 0 Å². The minimum absolute atomic E-state index is 0.198. The molecule has 0 amide bonds. The quantitative estimate of drug-likeness (QED) is 0.747. The van der Waals surface area contributed by atoms with Crippen LogP contribution in [0.15, 0.2) is 18.2 Å². The van der Waals surface area contributed by atoms with Gasteiger partial charge in [-0.15, -0.1) is 0 Å². The van der Waals surface area contributed by atoms with Crippen LogP contribution in [0.25, 0.3) is 0 Å². The highest BCUT2D eigenvalue weighted by molar-refractivity contribution is 5.43. The minimum atomic E-state index is -2.56. The first-order valence-electron chi connectivity index (χ1n) is 9.75. The van der Waals surface area contributed by atoms with Gasteiger partial charge in [-0.2, -0.15) is 0 Å². The van der Waals surface area contributed by atoms with Crippen LogP contribution >= 0.6 is 0 Å². The van der Waals surface area contributed by atoms with Crippen LogP contribution in [0.1, 0.15) is 31.2 Å². The smallest absolute Gasteiger partial charge is 0.272 e. The Morgan fingerprint density at radius 2 is 1.78 bits per heavy atom. The van der Waals surface area contributed by atoms with Crippen molar-refractivity contribution in [1.29, 1.82) is 0 Å². The summed E-state index contributed by atoms with van der Waals surface area (Å²) in [6.07, 6.45) is 4.34. The number of rotatable bonds is 8. The van der Waals surface area contributed by atoms with E-state index in [0.29, 0.717) is 24.6 Å². The van der Waals surface area contributed by atoms with Gasteiger partial charge in [-0.1, -0.05) is 18.9 Å². The Bertz CT molecular complexity index is 599. The minimum Gasteiger partial charge on any atom is -0.493 e. The fourth-order valence-electron chi connectivity index (χ4n) is 3.76. The van der Waals surface area contributed by atoms with Crippen LogP contribution in [0.4, 0.5) is 8.78 Å². The molecule has 0 aromatic heterocycles. The van der Waals surface area contributed by atoms with E-state index in [1.54, 1.807) is 18.1 Å². The number of likely N-dealkylation sites (tertiary alicyclic amines) is 2. The van der Waals surface area contributed by atoms with Crippen LogP contribution in [0.2, 0.25) is 0 Å². The van der Waals surface area contributed by atoms with E-state index in [9.17, 15) is 13.9 Å². The van der Waals surface area contributed by atoms with Crippen molar-refractivity contribution >= 4 is 0 Å². The Kier molecular flexibility index (Phi) is 6.89. The molecule has 27 heavy (non-hydrogen) atoms. The number of nitrogens with zero attached hydrogens (tertiary/aromatic N) is 2. The van der Waals surface area contributed by atoms with E-state index in [2.05, 4.69) is 4.90 Å². The summed E-state index contributed by atoms with van der Waals surface area (Å²) in [5.74, 6) is -1.44. The summed E-state index contributed by atoms with van der Waals surface area (Å²) in [6.45, 7) is 2.94. The number of methoxy groups -OCH3 is 1. The maximum absolute atomic E-state index is 13.0. The van der Waals surface area contributed by atoms with Crippen molar-refractivity contribution in [3.63, 3.8) is 0 Å². The number of halogens is 2. The van der Waals surface area contributed by atoms with E-state index in [0.717, 1.165) is 18.7 Å². The van der Waals surface area contributed by atoms with Gasteiger partial charge in [-0.3, -0.25) is 4.90 Å². The summed E-state index contributed by atoms with van der Waals surface area (Å²) in [5.41, 5.74) is 0.903. The molecule has 1 N–H and O–H groups in total. The summed E-state index contributed by atoms with van der Waals surface area (Å²) in [7, 11) is 1.55. The summed E-state index contributed by atoms with van der Waals surface area (Å²) in [4.78, 5) is 3.99. The molecule has 1 aromatic rings. The molecule has 2 heterocycles. The molecular formula is C20H30F2N2O3. The number of hydrogen-bond acceptors (Lipinski definition) is 5. The van der Waals surface area contributed by atoms with Crippen LogP contribution in [-0.4, -0.2) is 73.4 Å². The van der Waals surface area contributed by atoms with E-state index in [1.807, 2.05) is 12.1 Å². The molecule has 2 aliphatic heterocycles. The first-order chi connectivity index (χ1) is 12.9. The predicted molar refractivity (Wildman–Crippen MR) is 99.6 cm³/mol. The molecule has 1 atom stereocenters. The number of β-amino-alcohol motifs (C(OH)–C–C–N with tert-alkyl or cyclic N) is 1. The number of benzene rings is 1. The molecule has 2 saturated heterocycles. The molecule has 7 heteroatoms. The molecule has 0 saturated carbocycles. The average molecular weight is 384 g/mol. The van der Waals surface area contributed by atoms with Gasteiger partial charge >= 0.3 is 0 Å². The first-order valence-corrected chi connectivity index (χ1v) is 9.75. The average Bonchev–Trinajstić information content (AvgIpc) is 2.87. The lowest BCUT2D eigenvalue weighted by atomic mass is 10.1. The van der Waals surface area contributed by atoms with Gasteiger partial charge in [-0.25, -0.2) is 8.78 Å². The zero-order valence-corrected chi connectivity index (χ0v) is 16.0. The zero-order valence-electron chi connectivity index (χ0n) is 16.0. The molecule has 1 aromatic carbocycles. The van der Waals surface area contributed by atoms with Crippen molar-refractivity contribution in [1.82, 2.24) is 9.80 Å². The van der Waals surface area contributed by atoms with Crippen LogP contribution < -0.4 is 9.47 Å². The van der Waals surface area contributed by atoms with E-state index >= 15 is 0 Å². The molecule has 0 bridgehead atoms. The maximum Gasteiger partial charge on any atom is 0.272 e. The number of aliphatic hydroxyl groups is 1. The molecule has 2 fully saturated rings. The molecule has 152 valence electrons. The van der Waals surface area contributed by atoms with Crippen molar-refractivity contribution < 1.29 is 23.4 Å². The van der Waals surface area contributed by atoms with Gasteiger partial charge in [0.15, 0.2) is 11.5 Å². The molecule has 5 nitrogen and oxygen atoms in total. The van der Waals surface area contributed by atoms with Gasteiger partial charge < -0.3 is 19.5 Å². The van der Waals surface area contributed by atoms with Gasteiger partial charge in [0.2, 0.25) is 0 Å². The van der Waals surface area contributed by atoms with Crippen molar-refractivity contribution in [2.45, 2.75) is 44.3 Å². The van der Waals surface area contributed by atoms with E-state index in [-0.39, 0.29) is 19.7 Å². The second-order valence-corrected chi connectivity index (χ2v) is 7.67. The Balaban J connectivity index is 1.48. The van der Waals surface area contributed by atoms with Crippen molar-refractivity contribution in [2.75, 3.05) is 46.4 Å². The summed E-state index contributed by atoms with van der Waals surface area (Å²) < 4.78 is 37.0. The molecule has 0 aliphatic carbocycles. The van der Waals surface area contributed by atoms with E-state index < -0.39 is 12.0 Å². The van der Waals surface area contributed by atoms with Crippen LogP contribution in [0, 0.1) is 0 Å². The standard InChI is InChI=1S/C20H30F2N2O3/c1-26-19-10-16(11-24-14-20(21,22)15-24)6-7-18(19)27-13-17(25)12-23-8-4-2-3-5-9-23/h6-7,10,17,25H,2-5,8-9,11-15H2,1H3. The highest BCUT2D eigenvalue weighted by atomic mass is 19.3. The van der Waals surface area contributed by atoms with Gasteiger partial charge in [0.05, 0.1) is 20.2 Å². The normalized spacial score (nSPS) is 21.9. The third-order valence-corrected chi connectivity index (χ3v) is 5.14. The molecule has 0 spiro atoms. The number of hydrogen-bond donors (Lipinski definition) is 1. The van der Waals surface area contributed by atoms with E-state index in [1.165, 1.54) is 25.7 Å². The zero-order chi connectivity index (χ0) is 19.3. The van der Waals surface area contributed by atoms with Crippen LogP contribution in [0.5, 0.6) is 11.5 Å². The topological polar surface area (TPSA) is 45.2 Å². The first kappa shape index (κ1) is 20.3. The van der Waals surface area contributed by atoms with Gasteiger partial charge in [0.25, 0.3) is 5.92 Å². The number of aliphatic hydroxyl groups excluding tert-OH is 1. The lowest BCUT2D eigenvalue weighted by molar-refractivity contribution is -0.133. The largest absolute Gasteiger partial charge is 0.493 e. The summed E-state index contributed by atoms with van der Waals surface area (Å²) in [5, 5.41) is 10.3. The van der Waals surface area contributed by atoms with Gasteiger partial charge in [0, 0.05) is 13.1 Å². The van der Waals surface area contributed by atoms with Crippen molar-refractivity contribution in [3.8, 4) is 11.5 Å². The van der Waals surface area contributed by atoms with Crippen LogP contribution in [-0.2, 0) is 6.54 Å². The summed E-state index contributed by atoms with van der Waals surface area (Å²) >= 11 is 0. The molecular weight excluding hydrogens is 354 g/mol. The molecule has 0 radical (unpaired) electrons. The Labute approximate surface area is 159 Å². The predicted octanol–water partition coefficient (Wildman–Crippen LogP) is 2.76. The SMILES string of the molecule is COc1cc(CN2CC(F)(F)C2)ccc1OCC(O)CN1CCCCCC1. The molecule has 1 unspecified atom stereocenters. The highest BCUT2D eigenvalue weighted by Gasteiger charge is 2.43. The van der Waals surface area contributed by atoms with Gasteiger partial charge in [0.1, 0.15) is 12.7 Å². The monoisotopic (exact) mass is 384 g/mol. The second-order valence-electron chi connectivity index (χ2n) is 7.67. The summed E-state index contributed by atoms with van der Waals surface area (Å²) in [6, 6.07) is 5.45. The highest BCUT2D eigenvalue weighted by Crippen LogP contribution is 2.32. The van der Waals surface area contributed by atoms with E-state index in [4.69, 9.17) is 9.47 Å². The third-order valence-electron chi connectivity index (χ3n) is 5.14. The second kappa shape index (κ2) is 9.17. The van der Waals surface area contributed by atoms with Crippen molar-refractivity contribution in [2.24, 2.45) is 0 Å². The maximum atomic E-state index is 13.0. The van der Waals surface area contributed by atoms with Crippen molar-refractivity contribution in [3.05, 3.63) is 23.8 Å². The fraction of sp³-hybridized carbons (Fsp3) is 0.700. The number of alkyl halides is 2.